The van der Waals surface area contributed by atoms with Gasteiger partial charge >= 0.3 is 6.03 Å². The van der Waals surface area contributed by atoms with Crippen LogP contribution in [0.2, 0.25) is 0 Å². The standard InChI is InChI=1S/C20H21F2N7O2/c1-11-9-28-17(16(8-25-28)29-12(2)13(7-23)5-18(29)30)10-27(11)20(31)26-14-3-4-24-15(6-14)19(21)22/h3-4,6,8,11-13,19H,5,9-10H2,1-2H3,(H,24,26,31)/t11-,12-,13+/m0/s1. The lowest BCUT2D eigenvalue weighted by atomic mass is 10.0. The van der Waals surface area contributed by atoms with E-state index in [0.29, 0.717) is 17.9 Å². The van der Waals surface area contributed by atoms with Crippen LogP contribution in [0.3, 0.4) is 0 Å². The van der Waals surface area contributed by atoms with Crippen LogP contribution in [0.4, 0.5) is 25.0 Å². The highest BCUT2D eigenvalue weighted by Gasteiger charge is 2.41. The van der Waals surface area contributed by atoms with E-state index in [2.05, 4.69) is 21.5 Å². The Hall–Kier alpha value is -3.55. The Morgan fingerprint density at radius 3 is 2.84 bits per heavy atom. The van der Waals surface area contributed by atoms with Crippen molar-refractivity contribution in [2.24, 2.45) is 5.92 Å². The maximum absolute atomic E-state index is 12.9. The van der Waals surface area contributed by atoms with Gasteiger partial charge in [0.2, 0.25) is 5.91 Å². The van der Waals surface area contributed by atoms with E-state index in [-0.39, 0.29) is 36.6 Å². The highest BCUT2D eigenvalue weighted by atomic mass is 19.3. The third-order valence-electron chi connectivity index (χ3n) is 5.81. The highest BCUT2D eigenvalue weighted by molar-refractivity contribution is 5.97. The molecule has 4 rings (SSSR count). The number of hydrogen-bond acceptors (Lipinski definition) is 5. The Bertz CT molecular complexity index is 1060. The van der Waals surface area contributed by atoms with Crippen molar-refractivity contribution in [2.45, 2.75) is 51.9 Å². The summed E-state index contributed by atoms with van der Waals surface area (Å²) in [6.45, 7) is 4.28. The first-order chi connectivity index (χ1) is 14.8. The Labute approximate surface area is 177 Å². The zero-order chi connectivity index (χ0) is 22.3. The number of rotatable bonds is 3. The van der Waals surface area contributed by atoms with Gasteiger partial charge in [-0.15, -0.1) is 0 Å². The number of carbonyl (C=O) groups excluding carboxylic acids is 2. The van der Waals surface area contributed by atoms with Crippen LogP contribution >= 0.6 is 0 Å². The van der Waals surface area contributed by atoms with Crippen LogP contribution in [0.1, 0.15) is 38.1 Å². The summed E-state index contributed by atoms with van der Waals surface area (Å²) in [4.78, 5) is 32.2. The molecule has 2 aromatic rings. The second-order valence-corrected chi connectivity index (χ2v) is 7.78. The van der Waals surface area contributed by atoms with Crippen molar-refractivity contribution in [1.29, 1.82) is 5.26 Å². The molecule has 1 N–H and O–H groups in total. The molecule has 0 aromatic carbocycles. The number of alkyl halides is 2. The SMILES string of the molecule is C[C@H]1Cn2ncc(N3C(=O)C[C@H](C#N)[C@@H]3C)c2CN1C(=O)Nc1ccnc(C(F)F)c1. The van der Waals surface area contributed by atoms with Gasteiger partial charge < -0.3 is 15.1 Å². The molecule has 0 saturated carbocycles. The molecule has 162 valence electrons. The molecule has 1 fully saturated rings. The van der Waals surface area contributed by atoms with E-state index in [1.54, 1.807) is 20.7 Å². The summed E-state index contributed by atoms with van der Waals surface area (Å²) in [5, 5.41) is 16.3. The number of nitrogens with zero attached hydrogens (tertiary/aromatic N) is 6. The molecule has 0 radical (unpaired) electrons. The minimum absolute atomic E-state index is 0.150. The molecule has 31 heavy (non-hydrogen) atoms. The topological polar surface area (TPSA) is 107 Å². The summed E-state index contributed by atoms with van der Waals surface area (Å²) < 4.78 is 27.5. The quantitative estimate of drug-likeness (QED) is 0.807. The summed E-state index contributed by atoms with van der Waals surface area (Å²) >= 11 is 0. The number of hydrogen-bond donors (Lipinski definition) is 1. The molecule has 0 spiro atoms. The number of carbonyl (C=O) groups is 2. The zero-order valence-electron chi connectivity index (χ0n) is 17.0. The molecule has 2 aromatic heterocycles. The third-order valence-corrected chi connectivity index (χ3v) is 5.81. The fourth-order valence-electron chi connectivity index (χ4n) is 4.07. The lowest BCUT2D eigenvalue weighted by Gasteiger charge is -2.35. The van der Waals surface area contributed by atoms with Crippen molar-refractivity contribution in [3.05, 3.63) is 35.9 Å². The zero-order valence-corrected chi connectivity index (χ0v) is 17.0. The molecular weight excluding hydrogens is 408 g/mol. The summed E-state index contributed by atoms with van der Waals surface area (Å²) in [6.07, 6.45) is 0.225. The second kappa shape index (κ2) is 7.94. The second-order valence-electron chi connectivity index (χ2n) is 7.78. The van der Waals surface area contributed by atoms with Crippen LogP contribution in [-0.4, -0.2) is 43.7 Å². The van der Waals surface area contributed by atoms with Crippen molar-refractivity contribution in [3.8, 4) is 6.07 Å². The van der Waals surface area contributed by atoms with E-state index in [1.807, 2.05) is 13.8 Å². The lowest BCUT2D eigenvalue weighted by Crippen LogP contribution is -2.47. The maximum Gasteiger partial charge on any atom is 0.322 e. The average molecular weight is 429 g/mol. The van der Waals surface area contributed by atoms with E-state index in [0.717, 1.165) is 6.07 Å². The number of urea groups is 1. The summed E-state index contributed by atoms with van der Waals surface area (Å²) in [5.74, 6) is -0.554. The maximum atomic E-state index is 12.9. The van der Waals surface area contributed by atoms with Crippen LogP contribution in [-0.2, 0) is 17.9 Å². The normalized spacial score (nSPS) is 23.1. The van der Waals surface area contributed by atoms with E-state index in [9.17, 15) is 23.6 Å². The molecule has 1 saturated heterocycles. The summed E-state index contributed by atoms with van der Waals surface area (Å²) in [6, 6.07) is 3.79. The molecular formula is C20H21F2N7O2. The van der Waals surface area contributed by atoms with Gasteiger partial charge in [0.05, 0.1) is 54.7 Å². The summed E-state index contributed by atoms with van der Waals surface area (Å²) in [7, 11) is 0. The van der Waals surface area contributed by atoms with Gasteiger partial charge in [0.25, 0.3) is 6.43 Å². The van der Waals surface area contributed by atoms with Crippen LogP contribution in [0.25, 0.3) is 0 Å². The van der Waals surface area contributed by atoms with Gasteiger partial charge in [-0.05, 0) is 26.0 Å². The highest BCUT2D eigenvalue weighted by Crippen LogP contribution is 2.35. The molecule has 2 aliphatic rings. The van der Waals surface area contributed by atoms with Crippen molar-refractivity contribution >= 4 is 23.3 Å². The third kappa shape index (κ3) is 3.69. The molecule has 3 amide bonds. The molecule has 0 unspecified atom stereocenters. The van der Waals surface area contributed by atoms with Gasteiger partial charge in [0.15, 0.2) is 0 Å². The predicted octanol–water partition coefficient (Wildman–Crippen LogP) is 2.92. The Morgan fingerprint density at radius 1 is 1.39 bits per heavy atom. The number of pyridine rings is 1. The van der Waals surface area contributed by atoms with Gasteiger partial charge in [-0.2, -0.15) is 10.4 Å². The number of aromatic nitrogens is 3. The van der Waals surface area contributed by atoms with E-state index >= 15 is 0 Å². The Morgan fingerprint density at radius 2 is 2.16 bits per heavy atom. The molecule has 3 atom stereocenters. The largest absolute Gasteiger partial charge is 0.322 e. The van der Waals surface area contributed by atoms with Gasteiger partial charge in [0.1, 0.15) is 5.69 Å². The predicted molar refractivity (Wildman–Crippen MR) is 106 cm³/mol. The van der Waals surface area contributed by atoms with Crippen molar-refractivity contribution < 1.29 is 18.4 Å². The monoisotopic (exact) mass is 429 g/mol. The summed E-state index contributed by atoms with van der Waals surface area (Å²) in [5.41, 5.74) is 1.08. The van der Waals surface area contributed by atoms with Crippen molar-refractivity contribution in [3.63, 3.8) is 0 Å². The van der Waals surface area contributed by atoms with Gasteiger partial charge in [-0.1, -0.05) is 0 Å². The van der Waals surface area contributed by atoms with E-state index in [4.69, 9.17) is 0 Å². The minimum atomic E-state index is -2.74. The first-order valence-corrected chi connectivity index (χ1v) is 9.88. The number of nitriles is 1. The number of fused-ring (bicyclic) bond motifs is 1. The van der Waals surface area contributed by atoms with Crippen LogP contribution in [0.15, 0.2) is 24.5 Å². The Balaban J connectivity index is 1.56. The first kappa shape index (κ1) is 20.7. The fraction of sp³-hybridized carbons (Fsp3) is 0.450. The number of anilines is 2. The first-order valence-electron chi connectivity index (χ1n) is 9.88. The van der Waals surface area contributed by atoms with E-state index < -0.39 is 24.1 Å². The average Bonchev–Trinajstić information content (AvgIpc) is 3.26. The van der Waals surface area contributed by atoms with Crippen molar-refractivity contribution in [2.75, 3.05) is 10.2 Å². The van der Waals surface area contributed by atoms with Crippen LogP contribution in [0.5, 0.6) is 0 Å². The molecule has 0 aliphatic carbocycles. The lowest BCUT2D eigenvalue weighted by molar-refractivity contribution is -0.117. The molecule has 0 bridgehead atoms. The van der Waals surface area contributed by atoms with Gasteiger partial charge in [0, 0.05) is 18.3 Å². The molecule has 2 aliphatic heterocycles. The van der Waals surface area contributed by atoms with Crippen molar-refractivity contribution in [1.82, 2.24) is 19.7 Å². The van der Waals surface area contributed by atoms with E-state index in [1.165, 1.54) is 12.3 Å². The minimum Gasteiger partial charge on any atom is -0.314 e. The van der Waals surface area contributed by atoms with Gasteiger partial charge in [-0.3, -0.25) is 14.5 Å². The number of halogens is 2. The fourth-order valence-corrected chi connectivity index (χ4v) is 4.07. The molecule has 9 nitrogen and oxygen atoms in total. The molecule has 11 heteroatoms. The van der Waals surface area contributed by atoms with Crippen LogP contribution < -0.4 is 10.2 Å². The van der Waals surface area contributed by atoms with Crippen LogP contribution in [0, 0.1) is 17.2 Å². The van der Waals surface area contributed by atoms with Gasteiger partial charge in [-0.25, -0.2) is 13.6 Å². The smallest absolute Gasteiger partial charge is 0.314 e. The number of amides is 3. The Kier molecular flexibility index (Phi) is 5.31. The molecule has 4 heterocycles. The number of nitrogens with one attached hydrogen (secondary N) is 1.